The second-order valence-corrected chi connectivity index (χ2v) is 3.62. The molecule has 1 aliphatic heterocycles. The Hall–Kier alpha value is -1.23. The first-order valence-electron chi connectivity index (χ1n) is 4.73. The number of methoxy groups -OCH3 is 1. The third-order valence-corrected chi connectivity index (χ3v) is 2.55. The molecule has 0 radical (unpaired) electrons. The van der Waals surface area contributed by atoms with E-state index in [0.29, 0.717) is 30.8 Å². The van der Waals surface area contributed by atoms with E-state index in [2.05, 4.69) is 4.74 Å². The van der Waals surface area contributed by atoms with Crippen LogP contribution in [0.1, 0.15) is 19.3 Å². The van der Waals surface area contributed by atoms with Crippen LogP contribution < -0.4 is 0 Å². The number of likely N-dealkylation sites (tertiary alicyclic amines) is 1. The third kappa shape index (κ3) is 3.43. The van der Waals surface area contributed by atoms with Gasteiger partial charge in [-0.05, 0) is 6.42 Å². The molecule has 0 atom stereocenters. The highest BCUT2D eigenvalue weighted by atomic mass is 32.1. The maximum Gasteiger partial charge on any atom is 0.330 e. The molecular formula is C10H13NO3S. The largest absolute Gasteiger partial charge is 0.466 e. The fraction of sp³-hybridized carbons (Fsp3) is 0.500. The van der Waals surface area contributed by atoms with Gasteiger partial charge in [0.05, 0.1) is 12.1 Å². The first kappa shape index (κ1) is 11.8. The highest BCUT2D eigenvalue weighted by Crippen LogP contribution is 2.13. The Kier molecular flexibility index (Phi) is 4.42. The van der Waals surface area contributed by atoms with Gasteiger partial charge in [-0.1, -0.05) is 18.3 Å². The smallest absolute Gasteiger partial charge is 0.330 e. The summed E-state index contributed by atoms with van der Waals surface area (Å²) in [6, 6.07) is 0. The molecule has 0 N–H and O–H groups in total. The van der Waals surface area contributed by atoms with Crippen molar-refractivity contribution in [1.82, 2.24) is 4.90 Å². The molecule has 4 nitrogen and oxygen atoms in total. The molecule has 1 aliphatic rings. The van der Waals surface area contributed by atoms with Crippen LogP contribution in [-0.2, 0) is 14.3 Å². The molecule has 0 aromatic heterocycles. The zero-order chi connectivity index (χ0) is 11.3. The van der Waals surface area contributed by atoms with E-state index in [4.69, 9.17) is 12.2 Å². The number of hydrogen-bond donors (Lipinski definition) is 0. The van der Waals surface area contributed by atoms with Gasteiger partial charge in [-0.2, -0.15) is 0 Å². The molecule has 0 spiro atoms. The fourth-order valence-electron chi connectivity index (χ4n) is 1.32. The molecule has 1 fully saturated rings. The van der Waals surface area contributed by atoms with E-state index in [1.807, 2.05) is 0 Å². The van der Waals surface area contributed by atoms with Crippen LogP contribution in [-0.4, -0.2) is 35.4 Å². The van der Waals surface area contributed by atoms with Gasteiger partial charge in [0.15, 0.2) is 0 Å². The quantitative estimate of drug-likeness (QED) is 0.409. The van der Waals surface area contributed by atoms with Gasteiger partial charge in [-0.25, -0.2) is 4.79 Å². The highest BCUT2D eigenvalue weighted by Gasteiger charge is 2.24. The minimum Gasteiger partial charge on any atom is -0.466 e. The van der Waals surface area contributed by atoms with E-state index in [1.165, 1.54) is 13.2 Å². The van der Waals surface area contributed by atoms with Crippen molar-refractivity contribution in [3.63, 3.8) is 0 Å². The molecule has 0 aromatic carbocycles. The summed E-state index contributed by atoms with van der Waals surface area (Å²) in [5, 5.41) is 0. The molecule has 0 bridgehead atoms. The number of nitrogens with zero attached hydrogens (tertiary/aromatic N) is 1. The maximum atomic E-state index is 11.3. The van der Waals surface area contributed by atoms with Crippen LogP contribution in [0, 0.1) is 0 Å². The van der Waals surface area contributed by atoms with E-state index >= 15 is 0 Å². The van der Waals surface area contributed by atoms with Crippen molar-refractivity contribution < 1.29 is 14.3 Å². The Morgan fingerprint density at radius 3 is 2.87 bits per heavy atom. The molecule has 1 heterocycles. The van der Waals surface area contributed by atoms with Gasteiger partial charge in [-0.15, -0.1) is 0 Å². The number of ether oxygens (including phenoxy) is 1. The van der Waals surface area contributed by atoms with Crippen LogP contribution in [0.4, 0.5) is 0 Å². The topological polar surface area (TPSA) is 46.6 Å². The molecule has 5 heteroatoms. The second kappa shape index (κ2) is 5.60. The lowest BCUT2D eigenvalue weighted by Gasteiger charge is -2.13. The van der Waals surface area contributed by atoms with E-state index in [1.54, 1.807) is 11.0 Å². The lowest BCUT2D eigenvalue weighted by molar-refractivity contribution is -0.134. The predicted octanol–water partition coefficient (Wildman–Crippen LogP) is 1.06. The van der Waals surface area contributed by atoms with Gasteiger partial charge in [-0.3, -0.25) is 4.79 Å². The Morgan fingerprint density at radius 1 is 1.60 bits per heavy atom. The van der Waals surface area contributed by atoms with Gasteiger partial charge in [0, 0.05) is 25.5 Å². The van der Waals surface area contributed by atoms with Crippen molar-refractivity contribution in [2.45, 2.75) is 19.3 Å². The lowest BCUT2D eigenvalue weighted by atomic mass is 10.3. The van der Waals surface area contributed by atoms with Crippen LogP contribution >= 0.6 is 12.2 Å². The van der Waals surface area contributed by atoms with E-state index in [0.717, 1.165) is 0 Å². The Morgan fingerprint density at radius 2 is 2.33 bits per heavy atom. The molecule has 0 unspecified atom stereocenters. The number of rotatable bonds is 4. The summed E-state index contributed by atoms with van der Waals surface area (Å²) >= 11 is 5.03. The van der Waals surface area contributed by atoms with Crippen LogP contribution in [0.2, 0.25) is 0 Å². The van der Waals surface area contributed by atoms with Gasteiger partial charge in [0.2, 0.25) is 5.91 Å². The van der Waals surface area contributed by atoms with Crippen molar-refractivity contribution in [2.24, 2.45) is 0 Å². The average Bonchev–Trinajstić information content (AvgIpc) is 2.54. The predicted molar refractivity (Wildman–Crippen MR) is 59.3 cm³/mol. The monoisotopic (exact) mass is 227 g/mol. The van der Waals surface area contributed by atoms with Gasteiger partial charge >= 0.3 is 5.97 Å². The summed E-state index contributed by atoms with van der Waals surface area (Å²) in [7, 11) is 1.33. The zero-order valence-corrected chi connectivity index (χ0v) is 9.38. The Balaban J connectivity index is 2.31. The summed E-state index contributed by atoms with van der Waals surface area (Å²) in [5.41, 5.74) is 0. The number of thiocarbonyl (C=S) groups is 1. The molecule has 0 aliphatic carbocycles. The van der Waals surface area contributed by atoms with Crippen molar-refractivity contribution in [1.29, 1.82) is 0 Å². The van der Waals surface area contributed by atoms with Crippen molar-refractivity contribution in [2.75, 3.05) is 13.7 Å². The number of carbonyl (C=O) groups excluding carboxylic acids is 2. The standard InChI is InChI=1S/C10H13NO3S/c1-14-10(13)4-2-3-7-11-8(12)5-6-9(11)15/h2,4H,3,5-7H2,1H3. The lowest BCUT2D eigenvalue weighted by Crippen LogP contribution is -2.28. The molecule has 82 valence electrons. The van der Waals surface area contributed by atoms with E-state index < -0.39 is 0 Å². The fourth-order valence-corrected chi connectivity index (χ4v) is 1.62. The number of esters is 1. The Labute approximate surface area is 93.9 Å². The van der Waals surface area contributed by atoms with Crippen LogP contribution in [0.15, 0.2) is 12.2 Å². The highest BCUT2D eigenvalue weighted by molar-refractivity contribution is 7.80. The zero-order valence-electron chi connectivity index (χ0n) is 8.56. The molecule has 1 saturated heterocycles. The summed E-state index contributed by atoms with van der Waals surface area (Å²) in [6.07, 6.45) is 4.83. The SMILES string of the molecule is COC(=O)C=CCCN1C(=O)CCC1=S. The molecule has 15 heavy (non-hydrogen) atoms. The summed E-state index contributed by atoms with van der Waals surface area (Å²) < 4.78 is 4.43. The van der Waals surface area contributed by atoms with Crippen LogP contribution in [0.25, 0.3) is 0 Å². The minimum absolute atomic E-state index is 0.0754. The second-order valence-electron chi connectivity index (χ2n) is 3.15. The first-order valence-corrected chi connectivity index (χ1v) is 5.13. The molecule has 1 amide bonds. The minimum atomic E-state index is -0.384. The normalized spacial score (nSPS) is 16.5. The van der Waals surface area contributed by atoms with Gasteiger partial charge in [0.25, 0.3) is 0 Å². The van der Waals surface area contributed by atoms with Gasteiger partial charge in [0.1, 0.15) is 0 Å². The van der Waals surface area contributed by atoms with Crippen molar-refractivity contribution >= 4 is 29.1 Å². The van der Waals surface area contributed by atoms with Crippen LogP contribution in [0.3, 0.4) is 0 Å². The summed E-state index contributed by atoms with van der Waals surface area (Å²) in [4.78, 5) is 24.3. The van der Waals surface area contributed by atoms with Crippen molar-refractivity contribution in [3.05, 3.63) is 12.2 Å². The van der Waals surface area contributed by atoms with Crippen molar-refractivity contribution in [3.8, 4) is 0 Å². The Bertz CT molecular complexity index is 296. The average molecular weight is 227 g/mol. The third-order valence-electron chi connectivity index (χ3n) is 2.13. The summed E-state index contributed by atoms with van der Waals surface area (Å²) in [6.45, 7) is 0.547. The number of hydrogen-bond acceptors (Lipinski definition) is 4. The molecular weight excluding hydrogens is 214 g/mol. The number of carbonyl (C=O) groups is 2. The molecule has 0 aromatic rings. The maximum absolute atomic E-state index is 11.3. The summed E-state index contributed by atoms with van der Waals surface area (Å²) in [5.74, 6) is -0.309. The van der Waals surface area contributed by atoms with Crippen LogP contribution in [0.5, 0.6) is 0 Å². The van der Waals surface area contributed by atoms with E-state index in [-0.39, 0.29) is 11.9 Å². The van der Waals surface area contributed by atoms with E-state index in [9.17, 15) is 9.59 Å². The molecule has 0 saturated carbocycles. The molecule has 1 rings (SSSR count). The number of amides is 1. The first-order chi connectivity index (χ1) is 7.15. The van der Waals surface area contributed by atoms with Gasteiger partial charge < -0.3 is 9.64 Å².